The lowest BCUT2D eigenvalue weighted by molar-refractivity contribution is -0.150. The van der Waals surface area contributed by atoms with Gasteiger partial charge in [0, 0.05) is 32.8 Å². The molecule has 0 amide bonds. The van der Waals surface area contributed by atoms with Crippen molar-refractivity contribution >= 4 is 39.0 Å². The first-order valence-corrected chi connectivity index (χ1v) is 13.2. The molecule has 35 heavy (non-hydrogen) atoms. The van der Waals surface area contributed by atoms with E-state index >= 15 is 0 Å². The fourth-order valence-corrected chi connectivity index (χ4v) is 4.57. The maximum atomic E-state index is 12.5. The van der Waals surface area contributed by atoms with Gasteiger partial charge in [-0.15, -0.1) is 0 Å². The van der Waals surface area contributed by atoms with Gasteiger partial charge in [-0.2, -0.15) is 0 Å². The van der Waals surface area contributed by atoms with E-state index in [0.29, 0.717) is 32.3 Å². The Morgan fingerprint density at radius 2 is 1.57 bits per heavy atom. The van der Waals surface area contributed by atoms with Crippen LogP contribution in [0, 0.1) is 17.3 Å². The minimum Gasteiger partial charge on any atom is -0.478 e. The number of carboxylic acids is 1. The summed E-state index contributed by atoms with van der Waals surface area (Å²) in [6, 6.07) is 16.5. The van der Waals surface area contributed by atoms with E-state index in [1.165, 1.54) is 6.07 Å². The molecule has 0 spiro atoms. The number of carboxylic acid groups (broad SMARTS) is 1. The zero-order valence-electron chi connectivity index (χ0n) is 19.6. The molecule has 3 aromatic rings. The SMILES string of the molecule is CC(C)(C)C(Oc1ccc(Cl)cc1C#Cc1ccc(-c2ccc(Cl)cc2)c(S(C)(=O)=O)c1)C(=O)O. The van der Waals surface area contributed by atoms with Crippen LogP contribution in [0.4, 0.5) is 0 Å². The van der Waals surface area contributed by atoms with Crippen LogP contribution in [0.2, 0.25) is 10.0 Å². The quantitative estimate of drug-likeness (QED) is 0.389. The lowest BCUT2D eigenvalue weighted by Crippen LogP contribution is -2.39. The molecule has 0 heterocycles. The molecule has 3 rings (SSSR count). The van der Waals surface area contributed by atoms with Gasteiger partial charge in [0.25, 0.3) is 0 Å². The highest BCUT2D eigenvalue weighted by Crippen LogP contribution is 2.31. The molecular weight excluding hydrogens is 507 g/mol. The molecule has 0 aliphatic carbocycles. The Bertz CT molecular complexity index is 1430. The molecule has 0 fully saturated rings. The van der Waals surface area contributed by atoms with E-state index in [1.54, 1.807) is 75.4 Å². The van der Waals surface area contributed by atoms with Crippen molar-refractivity contribution in [3.05, 3.63) is 81.8 Å². The van der Waals surface area contributed by atoms with E-state index in [-0.39, 0.29) is 10.6 Å². The first kappa shape index (κ1) is 26.6. The van der Waals surface area contributed by atoms with Crippen molar-refractivity contribution in [3.8, 4) is 28.7 Å². The van der Waals surface area contributed by atoms with Crippen LogP contribution in [0.15, 0.2) is 65.6 Å². The van der Waals surface area contributed by atoms with Gasteiger partial charge in [0.05, 0.1) is 10.5 Å². The summed E-state index contributed by atoms with van der Waals surface area (Å²) in [6.07, 6.45) is 0.0279. The second-order valence-corrected chi connectivity index (χ2v) is 11.9. The molecule has 0 saturated heterocycles. The van der Waals surface area contributed by atoms with Crippen molar-refractivity contribution in [3.63, 3.8) is 0 Å². The summed E-state index contributed by atoms with van der Waals surface area (Å²) < 4.78 is 30.9. The molecule has 0 radical (unpaired) electrons. The van der Waals surface area contributed by atoms with Crippen molar-refractivity contribution in [2.24, 2.45) is 5.41 Å². The van der Waals surface area contributed by atoms with Gasteiger partial charge in [0.15, 0.2) is 15.9 Å². The first-order chi connectivity index (χ1) is 16.3. The van der Waals surface area contributed by atoms with Crippen molar-refractivity contribution < 1.29 is 23.1 Å². The number of hydrogen-bond acceptors (Lipinski definition) is 4. The summed E-state index contributed by atoms with van der Waals surface area (Å²) in [4.78, 5) is 11.9. The van der Waals surface area contributed by atoms with Crippen LogP contribution < -0.4 is 4.74 Å². The fraction of sp³-hybridized carbons (Fsp3) is 0.222. The third-order valence-electron chi connectivity index (χ3n) is 5.08. The zero-order valence-corrected chi connectivity index (χ0v) is 21.9. The summed E-state index contributed by atoms with van der Waals surface area (Å²) in [5.74, 6) is 5.07. The first-order valence-electron chi connectivity index (χ1n) is 10.6. The van der Waals surface area contributed by atoms with E-state index in [2.05, 4.69) is 11.8 Å². The van der Waals surface area contributed by atoms with Crippen LogP contribution in [0.1, 0.15) is 31.9 Å². The highest BCUT2D eigenvalue weighted by Gasteiger charge is 2.33. The van der Waals surface area contributed by atoms with Crippen molar-refractivity contribution in [1.82, 2.24) is 0 Å². The number of carbonyl (C=O) groups is 1. The van der Waals surface area contributed by atoms with E-state index in [9.17, 15) is 18.3 Å². The van der Waals surface area contributed by atoms with Crippen LogP contribution >= 0.6 is 23.2 Å². The Hall–Kier alpha value is -2.98. The van der Waals surface area contributed by atoms with Gasteiger partial charge in [-0.05, 0) is 48.0 Å². The third-order valence-corrected chi connectivity index (χ3v) is 6.70. The van der Waals surface area contributed by atoms with Crippen LogP contribution in [0.25, 0.3) is 11.1 Å². The standard InChI is InChI=1S/C27H24Cl2O5S/c1-27(2,3)25(26(30)31)34-23-14-12-21(29)16-19(23)7-5-17-6-13-22(24(15-17)35(4,32)33)18-8-10-20(28)11-9-18/h6,8-16,25H,1-4H3,(H,30,31). The molecule has 5 nitrogen and oxygen atoms in total. The van der Waals surface area contributed by atoms with Gasteiger partial charge < -0.3 is 9.84 Å². The fourth-order valence-electron chi connectivity index (χ4n) is 3.34. The maximum absolute atomic E-state index is 12.5. The summed E-state index contributed by atoms with van der Waals surface area (Å²) in [5, 5.41) is 10.6. The lowest BCUT2D eigenvalue weighted by Gasteiger charge is -2.28. The lowest BCUT2D eigenvalue weighted by atomic mass is 9.89. The molecule has 1 atom stereocenters. The maximum Gasteiger partial charge on any atom is 0.345 e. The van der Waals surface area contributed by atoms with Gasteiger partial charge in [-0.1, -0.05) is 74.0 Å². The van der Waals surface area contributed by atoms with E-state index in [4.69, 9.17) is 27.9 Å². The highest BCUT2D eigenvalue weighted by molar-refractivity contribution is 7.90. The number of rotatable bonds is 5. The molecular formula is C27H24Cl2O5S. The molecule has 1 unspecified atom stereocenters. The molecule has 0 aliphatic heterocycles. The van der Waals surface area contributed by atoms with Crippen molar-refractivity contribution in [2.45, 2.75) is 31.8 Å². The van der Waals surface area contributed by atoms with Crippen molar-refractivity contribution in [2.75, 3.05) is 6.26 Å². The van der Waals surface area contributed by atoms with Gasteiger partial charge in [-0.25, -0.2) is 13.2 Å². The number of hydrogen-bond donors (Lipinski definition) is 1. The largest absolute Gasteiger partial charge is 0.478 e. The van der Waals surface area contributed by atoms with Crippen LogP contribution in [0.3, 0.4) is 0 Å². The average Bonchev–Trinajstić information content (AvgIpc) is 2.75. The van der Waals surface area contributed by atoms with Gasteiger partial charge in [0.2, 0.25) is 0 Å². The Kier molecular flexibility index (Phi) is 7.86. The van der Waals surface area contributed by atoms with E-state index in [1.807, 2.05) is 0 Å². The predicted molar refractivity (Wildman–Crippen MR) is 139 cm³/mol. The van der Waals surface area contributed by atoms with Crippen LogP contribution in [-0.2, 0) is 14.6 Å². The van der Waals surface area contributed by atoms with E-state index in [0.717, 1.165) is 6.26 Å². The van der Waals surface area contributed by atoms with Crippen LogP contribution in [-0.4, -0.2) is 31.9 Å². The normalized spacial score (nSPS) is 12.4. The Morgan fingerprint density at radius 3 is 2.14 bits per heavy atom. The molecule has 182 valence electrons. The monoisotopic (exact) mass is 530 g/mol. The molecule has 1 N–H and O–H groups in total. The molecule has 8 heteroatoms. The van der Waals surface area contributed by atoms with Crippen molar-refractivity contribution in [1.29, 1.82) is 0 Å². The molecule has 0 saturated carbocycles. The third kappa shape index (κ3) is 6.79. The number of halogens is 2. The molecule has 3 aromatic carbocycles. The van der Waals surface area contributed by atoms with Gasteiger partial charge in [-0.3, -0.25) is 0 Å². The zero-order chi connectivity index (χ0) is 26.0. The summed E-state index contributed by atoms with van der Waals surface area (Å²) in [6.45, 7) is 5.30. The number of aliphatic carboxylic acids is 1. The van der Waals surface area contributed by atoms with Gasteiger partial charge in [0.1, 0.15) is 5.75 Å². The van der Waals surface area contributed by atoms with Gasteiger partial charge >= 0.3 is 5.97 Å². The smallest absolute Gasteiger partial charge is 0.345 e. The van der Waals surface area contributed by atoms with E-state index < -0.39 is 27.3 Å². The average molecular weight is 531 g/mol. The second-order valence-electron chi connectivity index (χ2n) is 9.08. The topological polar surface area (TPSA) is 80.7 Å². The molecule has 0 aromatic heterocycles. The summed E-state index contributed by atoms with van der Waals surface area (Å²) in [5.41, 5.74) is 1.42. The minimum absolute atomic E-state index is 0.132. The molecule has 0 bridgehead atoms. The minimum atomic E-state index is -3.57. The Morgan fingerprint density at radius 1 is 0.943 bits per heavy atom. The molecule has 0 aliphatic rings. The Balaban J connectivity index is 2.05. The summed E-state index contributed by atoms with van der Waals surface area (Å²) in [7, 11) is -3.57. The number of ether oxygens (including phenoxy) is 1. The number of benzene rings is 3. The predicted octanol–water partition coefficient (Wildman–Crippen LogP) is 6.34. The highest BCUT2D eigenvalue weighted by atomic mass is 35.5. The summed E-state index contributed by atoms with van der Waals surface area (Å²) >= 11 is 12.1. The Labute approximate surface area is 215 Å². The van der Waals surface area contributed by atoms with Crippen LogP contribution in [0.5, 0.6) is 5.75 Å². The number of sulfone groups is 1. The second kappa shape index (κ2) is 10.3.